The van der Waals surface area contributed by atoms with E-state index in [1.54, 1.807) is 6.92 Å². The molecular weight excluding hydrogens is 272 g/mol. The number of rotatable bonds is 6. The minimum atomic E-state index is -0.582. The van der Waals surface area contributed by atoms with E-state index in [9.17, 15) is 13.9 Å². The molecule has 0 saturated heterocycles. The molecule has 1 N–H and O–H groups in total. The number of hydrogen-bond acceptors (Lipinski definition) is 2. The summed E-state index contributed by atoms with van der Waals surface area (Å²) in [6, 6.07) is 13.4. The summed E-state index contributed by atoms with van der Waals surface area (Å²) in [5, 5.41) is 9.60. The molecule has 1 unspecified atom stereocenters. The Kier molecular flexibility index (Phi) is 5.42. The lowest BCUT2D eigenvalue weighted by atomic mass is 10.1. The smallest absolute Gasteiger partial charge is 0.130 e. The van der Waals surface area contributed by atoms with Crippen LogP contribution in [0, 0.1) is 11.6 Å². The van der Waals surface area contributed by atoms with Crippen molar-refractivity contribution in [2.24, 2.45) is 0 Å². The van der Waals surface area contributed by atoms with Gasteiger partial charge in [-0.3, -0.25) is 4.90 Å². The van der Waals surface area contributed by atoms with Gasteiger partial charge in [0.2, 0.25) is 0 Å². The lowest BCUT2D eigenvalue weighted by Gasteiger charge is -2.24. The molecule has 2 nitrogen and oxygen atoms in total. The van der Waals surface area contributed by atoms with E-state index < -0.39 is 17.7 Å². The molecule has 0 bridgehead atoms. The monoisotopic (exact) mass is 291 g/mol. The molecular formula is C17H19F2NO. The highest BCUT2D eigenvalue weighted by molar-refractivity contribution is 5.19. The van der Waals surface area contributed by atoms with Crippen LogP contribution in [0.1, 0.15) is 18.1 Å². The first-order chi connectivity index (χ1) is 10.0. The molecule has 112 valence electrons. The van der Waals surface area contributed by atoms with E-state index in [0.29, 0.717) is 25.2 Å². The fourth-order valence-electron chi connectivity index (χ4n) is 2.29. The van der Waals surface area contributed by atoms with Crippen molar-refractivity contribution < 1.29 is 13.9 Å². The van der Waals surface area contributed by atoms with Crippen LogP contribution < -0.4 is 0 Å². The maximum atomic E-state index is 13.8. The van der Waals surface area contributed by atoms with Gasteiger partial charge in [0.05, 0.1) is 6.10 Å². The topological polar surface area (TPSA) is 23.5 Å². The molecule has 2 aromatic rings. The second kappa shape index (κ2) is 7.29. The van der Waals surface area contributed by atoms with E-state index in [4.69, 9.17) is 0 Å². The number of nitrogens with zero attached hydrogens (tertiary/aromatic N) is 1. The fraction of sp³-hybridized carbons (Fsp3) is 0.294. The van der Waals surface area contributed by atoms with Crippen LogP contribution in [-0.4, -0.2) is 22.7 Å². The van der Waals surface area contributed by atoms with Gasteiger partial charge in [-0.1, -0.05) is 36.4 Å². The van der Waals surface area contributed by atoms with Crippen molar-refractivity contribution in [2.45, 2.75) is 26.1 Å². The number of aliphatic hydroxyl groups excluding tert-OH is 1. The molecule has 0 aliphatic heterocycles. The molecule has 0 aromatic heterocycles. The standard InChI is InChI=1S/C17H19F2NO/c1-13(21)10-20(11-14-5-3-2-4-6-14)12-15-7-8-16(18)9-17(15)19/h2-9,13,21H,10-12H2,1H3. The Bertz CT molecular complexity index is 572. The van der Waals surface area contributed by atoms with E-state index in [1.165, 1.54) is 12.1 Å². The lowest BCUT2D eigenvalue weighted by molar-refractivity contribution is 0.117. The molecule has 0 aliphatic carbocycles. The first-order valence-corrected chi connectivity index (χ1v) is 6.93. The van der Waals surface area contributed by atoms with Crippen molar-refractivity contribution in [1.29, 1.82) is 0 Å². The minimum Gasteiger partial charge on any atom is -0.392 e. The highest BCUT2D eigenvalue weighted by Crippen LogP contribution is 2.15. The summed E-state index contributed by atoms with van der Waals surface area (Å²) in [5.41, 5.74) is 1.51. The van der Waals surface area contributed by atoms with Crippen molar-refractivity contribution in [3.8, 4) is 0 Å². The summed E-state index contributed by atoms with van der Waals surface area (Å²) in [4.78, 5) is 1.94. The fourth-order valence-corrected chi connectivity index (χ4v) is 2.29. The van der Waals surface area contributed by atoms with Crippen molar-refractivity contribution >= 4 is 0 Å². The van der Waals surface area contributed by atoms with Crippen LogP contribution in [0.15, 0.2) is 48.5 Å². The predicted molar refractivity (Wildman–Crippen MR) is 78.6 cm³/mol. The molecule has 2 aromatic carbocycles. The Hall–Kier alpha value is -1.78. The zero-order valence-electron chi connectivity index (χ0n) is 12.0. The molecule has 0 saturated carbocycles. The van der Waals surface area contributed by atoms with E-state index in [1.807, 2.05) is 35.2 Å². The highest BCUT2D eigenvalue weighted by atomic mass is 19.1. The molecule has 21 heavy (non-hydrogen) atoms. The van der Waals surface area contributed by atoms with Gasteiger partial charge in [0.1, 0.15) is 11.6 Å². The molecule has 0 amide bonds. The summed E-state index contributed by atoms with van der Waals surface area (Å²) in [5.74, 6) is -1.14. The molecule has 1 atom stereocenters. The Morgan fingerprint density at radius 3 is 2.38 bits per heavy atom. The van der Waals surface area contributed by atoms with Gasteiger partial charge < -0.3 is 5.11 Å². The summed E-state index contributed by atoms with van der Waals surface area (Å²) in [6.45, 7) is 3.04. The third-order valence-corrected chi connectivity index (χ3v) is 3.18. The molecule has 0 spiro atoms. The van der Waals surface area contributed by atoms with Gasteiger partial charge in [-0.05, 0) is 18.6 Å². The van der Waals surface area contributed by atoms with Crippen molar-refractivity contribution in [1.82, 2.24) is 4.90 Å². The molecule has 0 heterocycles. The second-order valence-corrected chi connectivity index (χ2v) is 5.24. The van der Waals surface area contributed by atoms with Gasteiger partial charge in [0, 0.05) is 31.3 Å². The zero-order chi connectivity index (χ0) is 15.2. The van der Waals surface area contributed by atoms with Crippen molar-refractivity contribution in [2.75, 3.05) is 6.54 Å². The summed E-state index contributed by atoms with van der Waals surface area (Å²) >= 11 is 0. The molecule has 0 radical (unpaired) electrons. The Labute approximate surface area is 123 Å². The SMILES string of the molecule is CC(O)CN(Cc1ccccc1)Cc1ccc(F)cc1F. The van der Waals surface area contributed by atoms with Gasteiger partial charge in [-0.15, -0.1) is 0 Å². The van der Waals surface area contributed by atoms with Crippen LogP contribution in [0.4, 0.5) is 8.78 Å². The molecule has 4 heteroatoms. The predicted octanol–water partition coefficient (Wildman–Crippen LogP) is 3.35. The third kappa shape index (κ3) is 4.92. The van der Waals surface area contributed by atoms with Gasteiger partial charge in [-0.2, -0.15) is 0 Å². The number of halogens is 2. The molecule has 0 aliphatic rings. The van der Waals surface area contributed by atoms with Crippen LogP contribution in [0.5, 0.6) is 0 Å². The second-order valence-electron chi connectivity index (χ2n) is 5.24. The minimum absolute atomic E-state index is 0.325. The largest absolute Gasteiger partial charge is 0.392 e. The average molecular weight is 291 g/mol. The van der Waals surface area contributed by atoms with Gasteiger partial charge in [0.25, 0.3) is 0 Å². The lowest BCUT2D eigenvalue weighted by Crippen LogP contribution is -2.30. The van der Waals surface area contributed by atoms with Gasteiger partial charge >= 0.3 is 0 Å². The van der Waals surface area contributed by atoms with Crippen LogP contribution in [0.3, 0.4) is 0 Å². The normalized spacial score (nSPS) is 12.6. The van der Waals surface area contributed by atoms with Crippen LogP contribution in [0.2, 0.25) is 0 Å². The van der Waals surface area contributed by atoms with Crippen LogP contribution in [-0.2, 0) is 13.1 Å². The number of benzene rings is 2. The van der Waals surface area contributed by atoms with Gasteiger partial charge in [-0.25, -0.2) is 8.78 Å². The number of hydrogen-bond donors (Lipinski definition) is 1. The quantitative estimate of drug-likeness (QED) is 0.882. The summed E-state index contributed by atoms with van der Waals surface area (Å²) in [7, 11) is 0. The summed E-state index contributed by atoms with van der Waals surface area (Å²) < 4.78 is 26.7. The van der Waals surface area contributed by atoms with Crippen molar-refractivity contribution in [3.05, 3.63) is 71.3 Å². The zero-order valence-corrected chi connectivity index (χ0v) is 12.0. The average Bonchev–Trinajstić information content (AvgIpc) is 2.42. The van der Waals surface area contributed by atoms with Crippen molar-refractivity contribution in [3.63, 3.8) is 0 Å². The van der Waals surface area contributed by atoms with Crippen LogP contribution in [0.25, 0.3) is 0 Å². The van der Waals surface area contributed by atoms with E-state index in [2.05, 4.69) is 0 Å². The number of aliphatic hydroxyl groups is 1. The Morgan fingerprint density at radius 1 is 1.05 bits per heavy atom. The maximum Gasteiger partial charge on any atom is 0.130 e. The van der Waals surface area contributed by atoms with Gasteiger partial charge in [0.15, 0.2) is 0 Å². The molecule has 0 fully saturated rings. The summed E-state index contributed by atoms with van der Waals surface area (Å²) in [6.07, 6.45) is -0.516. The third-order valence-electron chi connectivity index (χ3n) is 3.18. The van der Waals surface area contributed by atoms with Crippen LogP contribution >= 0.6 is 0 Å². The molecule has 2 rings (SSSR count). The van der Waals surface area contributed by atoms with E-state index in [0.717, 1.165) is 11.6 Å². The Balaban J connectivity index is 2.12. The van der Waals surface area contributed by atoms with E-state index in [-0.39, 0.29) is 0 Å². The highest BCUT2D eigenvalue weighted by Gasteiger charge is 2.13. The maximum absolute atomic E-state index is 13.8. The van der Waals surface area contributed by atoms with E-state index >= 15 is 0 Å². The first kappa shape index (κ1) is 15.6. The first-order valence-electron chi connectivity index (χ1n) is 6.93. The Morgan fingerprint density at radius 2 is 1.76 bits per heavy atom.